The zero-order valence-electron chi connectivity index (χ0n) is 6.19. The van der Waals surface area contributed by atoms with Gasteiger partial charge >= 0.3 is 0 Å². The molecule has 0 saturated heterocycles. The Balaban J connectivity index is 2.88. The van der Waals surface area contributed by atoms with E-state index in [1.807, 2.05) is 6.08 Å². The first-order valence-corrected chi connectivity index (χ1v) is 3.55. The van der Waals surface area contributed by atoms with Crippen molar-refractivity contribution in [1.29, 1.82) is 0 Å². The van der Waals surface area contributed by atoms with Crippen LogP contribution in [0.1, 0.15) is 19.3 Å². The number of hydrogen-bond acceptors (Lipinski definition) is 1. The molecular formula is C9H13N. The summed E-state index contributed by atoms with van der Waals surface area (Å²) in [6, 6.07) is 0. The van der Waals surface area contributed by atoms with Gasteiger partial charge in [0.15, 0.2) is 0 Å². The lowest BCUT2D eigenvalue weighted by Gasteiger charge is -2.00. The monoisotopic (exact) mass is 135 g/mol. The van der Waals surface area contributed by atoms with Gasteiger partial charge in [0.05, 0.1) is 0 Å². The molecule has 10 heavy (non-hydrogen) atoms. The average molecular weight is 135 g/mol. The number of hydrogen-bond donors (Lipinski definition) is 1. The molecule has 0 heterocycles. The number of rotatable bonds is 2. The second kappa shape index (κ2) is 2.74. The maximum absolute atomic E-state index is 5.56. The third-order valence-corrected chi connectivity index (χ3v) is 1.89. The van der Waals surface area contributed by atoms with Gasteiger partial charge in [0, 0.05) is 5.70 Å². The molecule has 1 rings (SSSR count). The van der Waals surface area contributed by atoms with Crippen molar-refractivity contribution in [2.75, 3.05) is 0 Å². The molecule has 1 aliphatic rings. The minimum Gasteiger partial charge on any atom is -0.399 e. The Hall–Kier alpha value is -0.980. The van der Waals surface area contributed by atoms with Crippen molar-refractivity contribution in [1.82, 2.24) is 0 Å². The van der Waals surface area contributed by atoms with E-state index in [-0.39, 0.29) is 0 Å². The van der Waals surface area contributed by atoms with Crippen molar-refractivity contribution in [3.8, 4) is 0 Å². The lowest BCUT2D eigenvalue weighted by molar-refractivity contribution is 0.900. The van der Waals surface area contributed by atoms with Crippen LogP contribution in [0.3, 0.4) is 0 Å². The van der Waals surface area contributed by atoms with E-state index in [1.54, 1.807) is 0 Å². The summed E-state index contributed by atoms with van der Waals surface area (Å²) in [4.78, 5) is 0. The van der Waals surface area contributed by atoms with E-state index in [0.717, 1.165) is 12.8 Å². The van der Waals surface area contributed by atoms with Crippen LogP contribution in [-0.4, -0.2) is 0 Å². The lowest BCUT2D eigenvalue weighted by atomic mass is 10.1. The minimum atomic E-state index is 0.715. The van der Waals surface area contributed by atoms with Gasteiger partial charge in [-0.2, -0.15) is 0 Å². The molecule has 0 amide bonds. The second-order valence-corrected chi connectivity index (χ2v) is 2.59. The fourth-order valence-corrected chi connectivity index (χ4v) is 1.36. The molecule has 0 aliphatic heterocycles. The summed E-state index contributed by atoms with van der Waals surface area (Å²) in [5.74, 6) is 0. The molecule has 0 saturated carbocycles. The predicted octanol–water partition coefficient (Wildman–Crippen LogP) is 2.13. The van der Waals surface area contributed by atoms with Gasteiger partial charge in [-0.05, 0) is 30.4 Å². The molecule has 0 fully saturated rings. The molecule has 54 valence electrons. The first-order chi connectivity index (χ1) is 4.75. The molecular weight excluding hydrogens is 122 g/mol. The molecule has 0 aromatic heterocycles. The predicted molar refractivity (Wildman–Crippen MR) is 44.4 cm³/mol. The van der Waals surface area contributed by atoms with Crippen LogP contribution < -0.4 is 5.73 Å². The van der Waals surface area contributed by atoms with Crippen LogP contribution in [0.2, 0.25) is 0 Å². The zero-order chi connectivity index (χ0) is 7.56. The third kappa shape index (κ3) is 1.13. The van der Waals surface area contributed by atoms with E-state index in [9.17, 15) is 0 Å². The van der Waals surface area contributed by atoms with Crippen LogP contribution in [0.15, 0.2) is 36.1 Å². The lowest BCUT2D eigenvalue weighted by Crippen LogP contribution is -1.97. The second-order valence-electron chi connectivity index (χ2n) is 2.59. The quantitative estimate of drug-likeness (QED) is 0.616. The summed E-state index contributed by atoms with van der Waals surface area (Å²) in [6.45, 7) is 7.43. The van der Waals surface area contributed by atoms with Crippen LogP contribution in [0, 0.1) is 0 Å². The van der Waals surface area contributed by atoms with E-state index >= 15 is 0 Å². The molecule has 1 nitrogen and oxygen atoms in total. The zero-order valence-corrected chi connectivity index (χ0v) is 6.19. The largest absolute Gasteiger partial charge is 0.399 e. The molecule has 0 bridgehead atoms. The number of nitrogens with two attached hydrogens (primary N) is 1. The standard InChI is InChI=1S/C9H13N/c1-3-8-5-4-6-9(8)7(2)10/h3H,1-2,4-6,10H2. The highest BCUT2D eigenvalue weighted by Crippen LogP contribution is 2.28. The van der Waals surface area contributed by atoms with Crippen LogP contribution in [0.5, 0.6) is 0 Å². The van der Waals surface area contributed by atoms with Gasteiger partial charge in [0.1, 0.15) is 0 Å². The topological polar surface area (TPSA) is 26.0 Å². The van der Waals surface area contributed by atoms with E-state index in [0.29, 0.717) is 5.70 Å². The third-order valence-electron chi connectivity index (χ3n) is 1.89. The van der Waals surface area contributed by atoms with Crippen LogP contribution in [0.4, 0.5) is 0 Å². The molecule has 2 N–H and O–H groups in total. The minimum absolute atomic E-state index is 0.715. The van der Waals surface area contributed by atoms with Gasteiger partial charge in [-0.3, -0.25) is 0 Å². The van der Waals surface area contributed by atoms with Crippen LogP contribution in [-0.2, 0) is 0 Å². The highest BCUT2D eigenvalue weighted by atomic mass is 14.6. The molecule has 0 unspecified atom stereocenters. The Kier molecular flexibility index (Phi) is 1.95. The van der Waals surface area contributed by atoms with Crippen LogP contribution in [0.25, 0.3) is 0 Å². The molecule has 0 radical (unpaired) electrons. The van der Waals surface area contributed by atoms with Gasteiger partial charge in [0.25, 0.3) is 0 Å². The molecule has 0 aromatic rings. The van der Waals surface area contributed by atoms with Gasteiger partial charge < -0.3 is 5.73 Å². The summed E-state index contributed by atoms with van der Waals surface area (Å²) < 4.78 is 0. The fraction of sp³-hybridized carbons (Fsp3) is 0.333. The Bertz CT molecular complexity index is 199. The average Bonchev–Trinajstić information content (AvgIpc) is 2.33. The van der Waals surface area contributed by atoms with Gasteiger partial charge in [-0.1, -0.05) is 19.2 Å². The molecule has 1 heteroatoms. The van der Waals surface area contributed by atoms with Crippen molar-refractivity contribution >= 4 is 0 Å². The van der Waals surface area contributed by atoms with Crippen LogP contribution >= 0.6 is 0 Å². The van der Waals surface area contributed by atoms with Gasteiger partial charge in [0.2, 0.25) is 0 Å². The van der Waals surface area contributed by atoms with Gasteiger partial charge in [-0.25, -0.2) is 0 Å². The summed E-state index contributed by atoms with van der Waals surface area (Å²) in [6.07, 6.45) is 5.29. The number of allylic oxidation sites excluding steroid dienone is 3. The normalized spacial score (nSPS) is 17.6. The summed E-state index contributed by atoms with van der Waals surface area (Å²) in [7, 11) is 0. The van der Waals surface area contributed by atoms with Gasteiger partial charge in [-0.15, -0.1) is 0 Å². The van der Waals surface area contributed by atoms with E-state index in [4.69, 9.17) is 5.73 Å². The first kappa shape index (κ1) is 7.13. The maximum Gasteiger partial charge on any atom is 0.0276 e. The maximum atomic E-state index is 5.56. The highest BCUT2D eigenvalue weighted by Gasteiger charge is 2.11. The van der Waals surface area contributed by atoms with Crippen molar-refractivity contribution in [2.45, 2.75) is 19.3 Å². The SMILES string of the molecule is C=CC1=C(C(=C)N)CCC1. The molecule has 0 aromatic carbocycles. The molecule has 0 spiro atoms. The van der Waals surface area contributed by atoms with Crippen molar-refractivity contribution in [2.24, 2.45) is 5.73 Å². The Morgan fingerprint density at radius 2 is 2.20 bits per heavy atom. The Morgan fingerprint density at radius 3 is 2.60 bits per heavy atom. The smallest absolute Gasteiger partial charge is 0.0276 e. The van der Waals surface area contributed by atoms with Crippen molar-refractivity contribution in [3.05, 3.63) is 36.1 Å². The summed E-state index contributed by atoms with van der Waals surface area (Å²) >= 11 is 0. The summed E-state index contributed by atoms with van der Waals surface area (Å²) in [5, 5.41) is 0. The Labute approximate surface area is 61.9 Å². The highest BCUT2D eigenvalue weighted by molar-refractivity contribution is 5.39. The first-order valence-electron chi connectivity index (χ1n) is 3.55. The molecule has 1 aliphatic carbocycles. The Morgan fingerprint density at radius 1 is 1.50 bits per heavy atom. The molecule has 0 atom stereocenters. The van der Waals surface area contributed by atoms with E-state index < -0.39 is 0 Å². The summed E-state index contributed by atoms with van der Waals surface area (Å²) in [5.41, 5.74) is 8.78. The fourth-order valence-electron chi connectivity index (χ4n) is 1.36. The van der Waals surface area contributed by atoms with Crippen molar-refractivity contribution < 1.29 is 0 Å². The van der Waals surface area contributed by atoms with Crippen molar-refractivity contribution in [3.63, 3.8) is 0 Å². The van der Waals surface area contributed by atoms with E-state index in [1.165, 1.54) is 17.6 Å². The van der Waals surface area contributed by atoms with E-state index in [2.05, 4.69) is 13.2 Å².